The molecule has 1 unspecified atom stereocenters. The van der Waals surface area contributed by atoms with Gasteiger partial charge in [0.05, 0.1) is 0 Å². The zero-order chi connectivity index (χ0) is 10.2. The smallest absolute Gasteiger partial charge is 0.0395 e. The molecular formula is C12H16Br2. The van der Waals surface area contributed by atoms with Gasteiger partial charge in [0, 0.05) is 10.2 Å². The third kappa shape index (κ3) is 4.61. The molecule has 0 aliphatic carbocycles. The molecule has 0 nitrogen and oxygen atoms in total. The summed E-state index contributed by atoms with van der Waals surface area (Å²) in [4.78, 5) is 0.527. The van der Waals surface area contributed by atoms with E-state index in [1.54, 1.807) is 0 Å². The van der Waals surface area contributed by atoms with Crippen molar-refractivity contribution in [3.8, 4) is 0 Å². The molecule has 0 aromatic heterocycles. The highest BCUT2D eigenvalue weighted by Gasteiger charge is 2.05. The van der Waals surface area contributed by atoms with Gasteiger partial charge in [0.15, 0.2) is 0 Å². The van der Waals surface area contributed by atoms with Crippen molar-refractivity contribution in [2.24, 2.45) is 0 Å². The number of halogens is 2. The molecule has 78 valence electrons. The van der Waals surface area contributed by atoms with Crippen LogP contribution in [0.2, 0.25) is 0 Å². The van der Waals surface area contributed by atoms with E-state index in [0.717, 1.165) is 5.33 Å². The first-order chi connectivity index (χ1) is 6.84. The summed E-state index contributed by atoms with van der Waals surface area (Å²) in [6, 6.07) is 10.6. The summed E-state index contributed by atoms with van der Waals surface area (Å²) >= 11 is 7.18. The minimum atomic E-state index is 0.527. The van der Waals surface area contributed by atoms with E-state index in [-0.39, 0.29) is 0 Å². The number of rotatable bonds is 6. The molecule has 0 aliphatic heterocycles. The molecule has 0 bridgehead atoms. The normalized spacial score (nSPS) is 12.7. The second-order valence-electron chi connectivity index (χ2n) is 3.42. The molecule has 0 aliphatic rings. The van der Waals surface area contributed by atoms with Crippen molar-refractivity contribution in [2.45, 2.75) is 30.5 Å². The summed E-state index contributed by atoms with van der Waals surface area (Å²) in [5, 5.41) is 1.13. The minimum Gasteiger partial charge on any atom is -0.0928 e. The molecule has 0 amide bonds. The van der Waals surface area contributed by atoms with Crippen molar-refractivity contribution in [2.75, 3.05) is 5.33 Å². The molecule has 1 rings (SSSR count). The fourth-order valence-corrected chi connectivity index (χ4v) is 2.45. The van der Waals surface area contributed by atoms with Crippen LogP contribution in [-0.2, 0) is 0 Å². The van der Waals surface area contributed by atoms with Crippen LogP contribution in [0.3, 0.4) is 0 Å². The maximum absolute atomic E-state index is 3.73. The molecule has 1 aromatic rings. The number of alkyl halides is 2. The van der Waals surface area contributed by atoms with E-state index in [2.05, 4.69) is 62.2 Å². The number of hydrogen-bond acceptors (Lipinski definition) is 0. The molecule has 0 fully saturated rings. The average molecular weight is 320 g/mol. The highest BCUT2D eigenvalue weighted by atomic mass is 79.9. The number of unbranched alkanes of at least 4 members (excludes halogenated alkanes) is 2. The van der Waals surface area contributed by atoms with E-state index in [9.17, 15) is 0 Å². The van der Waals surface area contributed by atoms with Crippen LogP contribution >= 0.6 is 31.9 Å². The Bertz CT molecular complexity index is 233. The summed E-state index contributed by atoms with van der Waals surface area (Å²) < 4.78 is 0. The van der Waals surface area contributed by atoms with Crippen molar-refractivity contribution in [1.29, 1.82) is 0 Å². The first kappa shape index (κ1) is 12.3. The lowest BCUT2D eigenvalue weighted by molar-refractivity contribution is 0.668. The summed E-state index contributed by atoms with van der Waals surface area (Å²) in [6.45, 7) is 0. The Morgan fingerprint density at radius 3 is 2.36 bits per heavy atom. The van der Waals surface area contributed by atoms with Gasteiger partial charge in [0.2, 0.25) is 0 Å². The van der Waals surface area contributed by atoms with Gasteiger partial charge >= 0.3 is 0 Å². The van der Waals surface area contributed by atoms with E-state index in [0.29, 0.717) is 4.83 Å². The first-order valence-corrected chi connectivity index (χ1v) is 7.13. The Morgan fingerprint density at radius 2 is 1.71 bits per heavy atom. The van der Waals surface area contributed by atoms with Gasteiger partial charge in [-0.25, -0.2) is 0 Å². The lowest BCUT2D eigenvalue weighted by Gasteiger charge is -2.09. The minimum absolute atomic E-state index is 0.527. The molecule has 1 aromatic carbocycles. The van der Waals surface area contributed by atoms with Crippen molar-refractivity contribution < 1.29 is 0 Å². The van der Waals surface area contributed by atoms with Gasteiger partial charge in [-0.15, -0.1) is 0 Å². The molecule has 0 radical (unpaired) electrons. The number of hydrogen-bond donors (Lipinski definition) is 0. The van der Waals surface area contributed by atoms with Crippen LogP contribution in [0, 0.1) is 0 Å². The molecule has 0 spiro atoms. The Morgan fingerprint density at radius 1 is 1.00 bits per heavy atom. The third-order valence-corrected chi connectivity index (χ3v) is 3.80. The molecule has 0 saturated carbocycles. The third-order valence-electron chi connectivity index (χ3n) is 2.25. The Labute approximate surface area is 103 Å². The van der Waals surface area contributed by atoms with Gasteiger partial charge < -0.3 is 0 Å². The van der Waals surface area contributed by atoms with Crippen molar-refractivity contribution >= 4 is 31.9 Å². The Balaban J connectivity index is 2.25. The van der Waals surface area contributed by atoms with E-state index >= 15 is 0 Å². The van der Waals surface area contributed by atoms with Crippen LogP contribution in [0.5, 0.6) is 0 Å². The largest absolute Gasteiger partial charge is 0.0928 e. The zero-order valence-electron chi connectivity index (χ0n) is 8.26. The zero-order valence-corrected chi connectivity index (χ0v) is 11.4. The average Bonchev–Trinajstić information content (AvgIpc) is 2.25. The Hall–Kier alpha value is 0.180. The van der Waals surface area contributed by atoms with Crippen LogP contribution in [0.4, 0.5) is 0 Å². The highest BCUT2D eigenvalue weighted by molar-refractivity contribution is 9.09. The summed E-state index contributed by atoms with van der Waals surface area (Å²) in [5.74, 6) is 0. The molecule has 0 N–H and O–H groups in total. The van der Waals surface area contributed by atoms with Gasteiger partial charge in [-0.3, -0.25) is 0 Å². The summed E-state index contributed by atoms with van der Waals surface area (Å²) in [6.07, 6.45) is 5.14. The van der Waals surface area contributed by atoms with Crippen LogP contribution in [0.25, 0.3) is 0 Å². The predicted octanol–water partition coefficient (Wildman–Crippen LogP) is 5.08. The quantitative estimate of drug-likeness (QED) is 0.507. The fraction of sp³-hybridized carbons (Fsp3) is 0.500. The van der Waals surface area contributed by atoms with Crippen LogP contribution in [0.1, 0.15) is 36.1 Å². The SMILES string of the molecule is BrCCCCCC(Br)c1ccccc1. The maximum atomic E-state index is 3.73. The molecule has 14 heavy (non-hydrogen) atoms. The van der Waals surface area contributed by atoms with E-state index in [4.69, 9.17) is 0 Å². The van der Waals surface area contributed by atoms with Crippen molar-refractivity contribution in [1.82, 2.24) is 0 Å². The van der Waals surface area contributed by atoms with Gasteiger partial charge in [-0.2, -0.15) is 0 Å². The van der Waals surface area contributed by atoms with Gasteiger partial charge in [-0.05, 0) is 18.4 Å². The van der Waals surface area contributed by atoms with Crippen molar-refractivity contribution in [3.05, 3.63) is 35.9 Å². The second kappa shape index (κ2) is 7.47. The molecule has 0 saturated heterocycles. The summed E-state index contributed by atoms with van der Waals surface area (Å²) in [7, 11) is 0. The fourth-order valence-electron chi connectivity index (χ4n) is 1.42. The molecule has 1 atom stereocenters. The molecule has 2 heteroatoms. The predicted molar refractivity (Wildman–Crippen MR) is 70.4 cm³/mol. The lowest BCUT2D eigenvalue weighted by atomic mass is 10.1. The number of benzene rings is 1. The van der Waals surface area contributed by atoms with Crippen LogP contribution in [-0.4, -0.2) is 5.33 Å². The van der Waals surface area contributed by atoms with Crippen LogP contribution < -0.4 is 0 Å². The van der Waals surface area contributed by atoms with Crippen LogP contribution in [0.15, 0.2) is 30.3 Å². The van der Waals surface area contributed by atoms with E-state index in [1.807, 2.05) is 0 Å². The highest BCUT2D eigenvalue weighted by Crippen LogP contribution is 2.28. The lowest BCUT2D eigenvalue weighted by Crippen LogP contribution is -1.89. The molecule has 0 heterocycles. The van der Waals surface area contributed by atoms with E-state index in [1.165, 1.54) is 31.2 Å². The topological polar surface area (TPSA) is 0 Å². The summed E-state index contributed by atoms with van der Waals surface area (Å²) in [5.41, 5.74) is 1.39. The first-order valence-electron chi connectivity index (χ1n) is 5.09. The standard InChI is InChI=1S/C12H16Br2/c13-10-6-2-5-9-12(14)11-7-3-1-4-8-11/h1,3-4,7-8,12H,2,5-6,9-10H2. The molecular weight excluding hydrogens is 304 g/mol. The van der Waals surface area contributed by atoms with Gasteiger partial charge in [0.1, 0.15) is 0 Å². The van der Waals surface area contributed by atoms with E-state index < -0.39 is 0 Å². The second-order valence-corrected chi connectivity index (χ2v) is 5.31. The van der Waals surface area contributed by atoms with Gasteiger partial charge in [0.25, 0.3) is 0 Å². The monoisotopic (exact) mass is 318 g/mol. The Kier molecular flexibility index (Phi) is 6.54. The maximum Gasteiger partial charge on any atom is 0.0395 e. The van der Waals surface area contributed by atoms with Crippen molar-refractivity contribution in [3.63, 3.8) is 0 Å². The van der Waals surface area contributed by atoms with Gasteiger partial charge in [-0.1, -0.05) is 75.0 Å².